The highest BCUT2D eigenvalue weighted by Gasteiger charge is 2.16. The number of Topliss-reactive ketones (excluding diaryl/α,β-unsaturated/α-hetero) is 1. The van der Waals surface area contributed by atoms with E-state index < -0.39 is 12.0 Å². The van der Waals surface area contributed by atoms with Gasteiger partial charge < -0.3 is 15.2 Å². The summed E-state index contributed by atoms with van der Waals surface area (Å²) in [6.45, 7) is 6.20. The maximum atomic E-state index is 11.5. The first-order valence-electron chi connectivity index (χ1n) is 7.22. The second-order valence-electron chi connectivity index (χ2n) is 4.87. The van der Waals surface area contributed by atoms with Crippen LogP contribution in [0.1, 0.15) is 49.5 Å². The Labute approximate surface area is 125 Å². The standard InChI is InChI=1S/C16H23NO4/c1-4-6-14(16(19)20)17-10-13-9-12(11(3)18)7-8-15(13)21-5-2/h7-9,14,17H,4-6,10H2,1-3H3,(H,19,20). The summed E-state index contributed by atoms with van der Waals surface area (Å²) in [7, 11) is 0. The summed E-state index contributed by atoms with van der Waals surface area (Å²) >= 11 is 0. The highest BCUT2D eigenvalue weighted by Crippen LogP contribution is 2.21. The fourth-order valence-corrected chi connectivity index (χ4v) is 2.07. The average molecular weight is 293 g/mol. The SMILES string of the molecule is CCCC(NCc1cc(C(C)=O)ccc1OCC)C(=O)O. The van der Waals surface area contributed by atoms with Gasteiger partial charge in [-0.1, -0.05) is 13.3 Å². The number of nitrogens with one attached hydrogen (secondary N) is 1. The number of benzene rings is 1. The number of rotatable bonds is 9. The molecule has 0 fully saturated rings. The predicted molar refractivity (Wildman–Crippen MR) is 80.8 cm³/mol. The van der Waals surface area contributed by atoms with Gasteiger partial charge in [0, 0.05) is 17.7 Å². The van der Waals surface area contributed by atoms with Crippen molar-refractivity contribution in [3.05, 3.63) is 29.3 Å². The smallest absolute Gasteiger partial charge is 0.320 e. The highest BCUT2D eigenvalue weighted by atomic mass is 16.5. The first kappa shape index (κ1) is 17.2. The maximum absolute atomic E-state index is 11.5. The van der Waals surface area contributed by atoms with E-state index in [0.29, 0.717) is 30.9 Å². The molecule has 0 bridgehead atoms. The molecule has 0 saturated heterocycles. The summed E-state index contributed by atoms with van der Waals surface area (Å²) in [4.78, 5) is 22.6. The van der Waals surface area contributed by atoms with Crippen molar-refractivity contribution < 1.29 is 19.4 Å². The van der Waals surface area contributed by atoms with Gasteiger partial charge in [0.25, 0.3) is 0 Å². The van der Waals surface area contributed by atoms with Gasteiger partial charge in [0.05, 0.1) is 6.61 Å². The van der Waals surface area contributed by atoms with Gasteiger partial charge in [-0.25, -0.2) is 0 Å². The highest BCUT2D eigenvalue weighted by molar-refractivity contribution is 5.94. The zero-order valence-electron chi connectivity index (χ0n) is 12.8. The zero-order valence-corrected chi connectivity index (χ0v) is 12.8. The van der Waals surface area contributed by atoms with E-state index >= 15 is 0 Å². The second kappa shape index (κ2) is 8.42. The number of hydrogen-bond donors (Lipinski definition) is 2. The van der Waals surface area contributed by atoms with Crippen LogP contribution >= 0.6 is 0 Å². The van der Waals surface area contributed by atoms with E-state index in [-0.39, 0.29) is 5.78 Å². The Hall–Kier alpha value is -1.88. The van der Waals surface area contributed by atoms with Crippen molar-refractivity contribution in [2.24, 2.45) is 0 Å². The van der Waals surface area contributed by atoms with Gasteiger partial charge in [0.15, 0.2) is 5.78 Å². The number of ether oxygens (including phenoxy) is 1. The molecular weight excluding hydrogens is 270 g/mol. The number of carbonyl (C=O) groups excluding carboxylic acids is 1. The van der Waals surface area contributed by atoms with Crippen molar-refractivity contribution in [1.82, 2.24) is 5.32 Å². The molecule has 0 radical (unpaired) electrons. The topological polar surface area (TPSA) is 75.6 Å². The van der Waals surface area contributed by atoms with Gasteiger partial charge in [0.2, 0.25) is 0 Å². The van der Waals surface area contributed by atoms with E-state index in [1.165, 1.54) is 6.92 Å². The summed E-state index contributed by atoms with van der Waals surface area (Å²) < 4.78 is 5.53. The Morgan fingerprint density at radius 3 is 2.57 bits per heavy atom. The number of carboxylic acid groups (broad SMARTS) is 1. The van der Waals surface area contributed by atoms with Crippen LogP contribution in [0, 0.1) is 0 Å². The van der Waals surface area contributed by atoms with Crippen LogP contribution in [0.4, 0.5) is 0 Å². The van der Waals surface area contributed by atoms with Crippen LogP contribution in [0.25, 0.3) is 0 Å². The van der Waals surface area contributed by atoms with Gasteiger partial charge in [-0.15, -0.1) is 0 Å². The molecular formula is C16H23NO4. The Morgan fingerprint density at radius 1 is 1.33 bits per heavy atom. The van der Waals surface area contributed by atoms with Crippen LogP contribution in [0.5, 0.6) is 5.75 Å². The molecule has 116 valence electrons. The quantitative estimate of drug-likeness (QED) is 0.685. The van der Waals surface area contributed by atoms with Crippen molar-refractivity contribution in [1.29, 1.82) is 0 Å². The van der Waals surface area contributed by atoms with Crippen molar-refractivity contribution in [2.75, 3.05) is 6.61 Å². The summed E-state index contributed by atoms with van der Waals surface area (Å²) in [5, 5.41) is 12.2. The lowest BCUT2D eigenvalue weighted by atomic mass is 10.1. The number of carbonyl (C=O) groups is 2. The molecule has 0 amide bonds. The minimum absolute atomic E-state index is 0.0253. The minimum Gasteiger partial charge on any atom is -0.494 e. The van der Waals surface area contributed by atoms with Crippen LogP contribution in [-0.4, -0.2) is 29.5 Å². The third kappa shape index (κ3) is 5.19. The fourth-order valence-electron chi connectivity index (χ4n) is 2.07. The van der Waals surface area contributed by atoms with Crippen LogP contribution in [0.15, 0.2) is 18.2 Å². The Morgan fingerprint density at radius 2 is 2.05 bits per heavy atom. The monoisotopic (exact) mass is 293 g/mol. The summed E-state index contributed by atoms with van der Waals surface area (Å²) in [6.07, 6.45) is 1.35. The summed E-state index contributed by atoms with van der Waals surface area (Å²) in [5.41, 5.74) is 1.39. The summed E-state index contributed by atoms with van der Waals surface area (Å²) in [5.74, 6) is -0.212. The molecule has 1 atom stereocenters. The molecule has 0 saturated carbocycles. The second-order valence-corrected chi connectivity index (χ2v) is 4.87. The Balaban J connectivity index is 2.90. The van der Waals surface area contributed by atoms with Gasteiger partial charge in [-0.05, 0) is 38.5 Å². The molecule has 2 N–H and O–H groups in total. The Kier molecular flexibility index (Phi) is 6.88. The van der Waals surface area contributed by atoms with Crippen molar-refractivity contribution in [2.45, 2.75) is 46.2 Å². The van der Waals surface area contributed by atoms with Gasteiger partial charge in [-0.3, -0.25) is 9.59 Å². The lowest BCUT2D eigenvalue weighted by Gasteiger charge is -2.16. The van der Waals surface area contributed by atoms with E-state index in [2.05, 4.69) is 5.32 Å². The van der Waals surface area contributed by atoms with Crippen molar-refractivity contribution in [3.63, 3.8) is 0 Å². The van der Waals surface area contributed by atoms with Gasteiger partial charge in [0.1, 0.15) is 11.8 Å². The normalized spacial score (nSPS) is 12.0. The first-order chi connectivity index (χ1) is 9.99. The fraction of sp³-hybridized carbons (Fsp3) is 0.500. The minimum atomic E-state index is -0.863. The molecule has 1 aromatic carbocycles. The zero-order chi connectivity index (χ0) is 15.8. The lowest BCUT2D eigenvalue weighted by molar-refractivity contribution is -0.139. The van der Waals surface area contributed by atoms with Crippen LogP contribution in [0.3, 0.4) is 0 Å². The molecule has 1 aromatic rings. The van der Waals surface area contributed by atoms with Crippen LogP contribution < -0.4 is 10.1 Å². The molecule has 1 unspecified atom stereocenters. The molecule has 0 aliphatic carbocycles. The van der Waals surface area contributed by atoms with E-state index in [9.17, 15) is 9.59 Å². The number of aliphatic carboxylic acids is 1. The predicted octanol–water partition coefficient (Wildman–Crippen LogP) is 2.63. The van der Waals surface area contributed by atoms with Crippen molar-refractivity contribution >= 4 is 11.8 Å². The third-order valence-corrected chi connectivity index (χ3v) is 3.18. The molecule has 5 nitrogen and oxygen atoms in total. The van der Waals surface area contributed by atoms with E-state index in [1.807, 2.05) is 13.8 Å². The summed E-state index contributed by atoms with van der Waals surface area (Å²) in [6, 6.07) is 4.64. The Bertz CT molecular complexity index is 499. The van der Waals surface area contributed by atoms with Gasteiger partial charge >= 0.3 is 5.97 Å². The number of carboxylic acids is 1. The molecule has 21 heavy (non-hydrogen) atoms. The molecule has 5 heteroatoms. The molecule has 1 rings (SSSR count). The average Bonchev–Trinajstić information content (AvgIpc) is 2.44. The first-order valence-corrected chi connectivity index (χ1v) is 7.22. The molecule has 0 aliphatic heterocycles. The lowest BCUT2D eigenvalue weighted by Crippen LogP contribution is -2.36. The number of hydrogen-bond acceptors (Lipinski definition) is 4. The van der Waals surface area contributed by atoms with Crippen molar-refractivity contribution in [3.8, 4) is 5.75 Å². The van der Waals surface area contributed by atoms with E-state index in [0.717, 1.165) is 12.0 Å². The molecule has 0 heterocycles. The third-order valence-electron chi connectivity index (χ3n) is 3.18. The largest absolute Gasteiger partial charge is 0.494 e. The van der Waals surface area contributed by atoms with E-state index in [4.69, 9.17) is 9.84 Å². The van der Waals surface area contributed by atoms with Crippen LogP contribution in [0.2, 0.25) is 0 Å². The van der Waals surface area contributed by atoms with Gasteiger partial charge in [-0.2, -0.15) is 0 Å². The molecule has 0 aromatic heterocycles. The van der Waals surface area contributed by atoms with Crippen LogP contribution in [-0.2, 0) is 11.3 Å². The molecule has 0 aliphatic rings. The maximum Gasteiger partial charge on any atom is 0.320 e. The van der Waals surface area contributed by atoms with E-state index in [1.54, 1.807) is 18.2 Å². The molecule has 0 spiro atoms. The number of ketones is 1.